The maximum atomic E-state index is 11.3. The molecular weight excluding hydrogens is 384 g/mol. The Bertz CT molecular complexity index is 439. The van der Waals surface area contributed by atoms with E-state index in [2.05, 4.69) is 45.9 Å². The number of ether oxygens (including phenoxy) is 2. The third-order valence-electron chi connectivity index (χ3n) is 3.17. The minimum absolute atomic E-state index is 0.0855. The summed E-state index contributed by atoms with van der Waals surface area (Å²) in [5.74, 6) is -0.501. The molecule has 153 valence electrons. The number of aliphatic hydroxyl groups excluding tert-OH is 1. The van der Waals surface area contributed by atoms with Gasteiger partial charge in [0.15, 0.2) is 8.32 Å². The summed E-state index contributed by atoms with van der Waals surface area (Å²) in [6, 6.07) is 0.868. The molecule has 1 radical (unpaired) electrons. The lowest BCUT2D eigenvalue weighted by molar-refractivity contribution is -0.143. The minimum atomic E-state index is -2.20. The van der Waals surface area contributed by atoms with Crippen molar-refractivity contribution in [3.05, 3.63) is 12.2 Å². The van der Waals surface area contributed by atoms with E-state index in [0.717, 1.165) is 18.7 Å². The van der Waals surface area contributed by atoms with Crippen LogP contribution in [0, 0.1) is 0 Å². The fourth-order valence-corrected chi connectivity index (χ4v) is 11.3. The zero-order valence-corrected chi connectivity index (χ0v) is 20.5. The second kappa shape index (κ2) is 12.2. The largest absolute Gasteiger partial charge is 0.460 e. The van der Waals surface area contributed by atoms with Gasteiger partial charge >= 0.3 is 14.5 Å². The standard InChI is InChI=1S/C17H37O6Si3/c1-15(2)17(19)21-13-16(18)12-20-10-9-11-26(8,22-14-24(3)4)23-25(5,6)7/h16,18H,1,9-14H2,2-8H3. The summed E-state index contributed by atoms with van der Waals surface area (Å²) in [4.78, 5) is 11.3. The second-order valence-electron chi connectivity index (χ2n) is 8.06. The second-order valence-corrected chi connectivity index (χ2v) is 18.9. The van der Waals surface area contributed by atoms with Crippen molar-refractivity contribution in [1.29, 1.82) is 0 Å². The molecule has 0 spiro atoms. The first-order valence-corrected chi connectivity index (χ1v) is 17.7. The van der Waals surface area contributed by atoms with Gasteiger partial charge in [0.2, 0.25) is 0 Å². The molecule has 0 aliphatic heterocycles. The van der Waals surface area contributed by atoms with Gasteiger partial charge in [-0.25, -0.2) is 4.79 Å². The lowest BCUT2D eigenvalue weighted by Crippen LogP contribution is -2.48. The molecule has 26 heavy (non-hydrogen) atoms. The van der Waals surface area contributed by atoms with Crippen LogP contribution in [0.15, 0.2) is 12.2 Å². The van der Waals surface area contributed by atoms with Crippen LogP contribution in [0.4, 0.5) is 0 Å². The zero-order valence-electron chi connectivity index (χ0n) is 17.5. The van der Waals surface area contributed by atoms with Gasteiger partial charge in [-0.2, -0.15) is 0 Å². The molecule has 9 heteroatoms. The zero-order chi connectivity index (χ0) is 20.4. The molecular formula is C17H37O6Si3. The Morgan fingerprint density at radius 1 is 1.19 bits per heavy atom. The van der Waals surface area contributed by atoms with Gasteiger partial charge in [0, 0.05) is 18.4 Å². The summed E-state index contributed by atoms with van der Waals surface area (Å²) in [7, 11) is -4.32. The molecule has 0 aliphatic rings. The minimum Gasteiger partial charge on any atom is -0.460 e. The van der Waals surface area contributed by atoms with E-state index >= 15 is 0 Å². The molecule has 0 rings (SSSR count). The third-order valence-corrected chi connectivity index (χ3v) is 10.4. The molecule has 0 saturated carbocycles. The molecule has 2 unspecified atom stereocenters. The average molecular weight is 422 g/mol. The smallest absolute Gasteiger partial charge is 0.333 e. The third kappa shape index (κ3) is 13.8. The average Bonchev–Trinajstić information content (AvgIpc) is 2.48. The maximum Gasteiger partial charge on any atom is 0.333 e. The molecule has 0 aromatic rings. The van der Waals surface area contributed by atoms with Crippen LogP contribution in [-0.2, 0) is 22.8 Å². The summed E-state index contributed by atoms with van der Waals surface area (Å²) in [6.45, 7) is 18.8. The van der Waals surface area contributed by atoms with E-state index < -0.39 is 37.7 Å². The van der Waals surface area contributed by atoms with Crippen molar-refractivity contribution in [3.63, 3.8) is 0 Å². The normalized spacial score (nSPS) is 15.6. The van der Waals surface area contributed by atoms with Gasteiger partial charge in [-0.1, -0.05) is 19.7 Å². The van der Waals surface area contributed by atoms with Crippen molar-refractivity contribution in [1.82, 2.24) is 0 Å². The number of hydrogen-bond donors (Lipinski definition) is 1. The van der Waals surface area contributed by atoms with Crippen LogP contribution in [0.25, 0.3) is 0 Å². The van der Waals surface area contributed by atoms with E-state index in [1.54, 1.807) is 6.92 Å². The Labute approximate surface area is 162 Å². The number of esters is 1. The van der Waals surface area contributed by atoms with E-state index in [1.807, 2.05) is 0 Å². The Hall–Kier alpha value is -0.299. The number of hydrogen-bond acceptors (Lipinski definition) is 6. The van der Waals surface area contributed by atoms with E-state index in [4.69, 9.17) is 18.0 Å². The van der Waals surface area contributed by atoms with Crippen LogP contribution in [0.3, 0.4) is 0 Å². The van der Waals surface area contributed by atoms with Crippen LogP contribution < -0.4 is 0 Å². The van der Waals surface area contributed by atoms with Gasteiger partial charge in [-0.15, -0.1) is 0 Å². The fourth-order valence-electron chi connectivity index (χ4n) is 2.16. The summed E-state index contributed by atoms with van der Waals surface area (Å²) < 4.78 is 23.0. The Morgan fingerprint density at radius 3 is 2.31 bits per heavy atom. The summed E-state index contributed by atoms with van der Waals surface area (Å²) in [5.41, 5.74) is 0.313. The molecule has 1 N–H and O–H groups in total. The number of carbonyl (C=O) groups is 1. The van der Waals surface area contributed by atoms with Gasteiger partial charge in [0.1, 0.15) is 12.7 Å². The number of carbonyl (C=O) groups excluding carboxylic acids is 1. The van der Waals surface area contributed by atoms with E-state index in [1.165, 1.54) is 0 Å². The molecule has 0 amide bonds. The molecule has 0 fully saturated rings. The Kier molecular flexibility index (Phi) is 12.1. The van der Waals surface area contributed by atoms with E-state index in [-0.39, 0.29) is 13.2 Å². The first-order valence-electron chi connectivity index (χ1n) is 9.06. The fraction of sp³-hybridized carbons (Fsp3) is 0.824. The van der Waals surface area contributed by atoms with Gasteiger partial charge < -0.3 is 23.1 Å². The predicted molar refractivity (Wildman–Crippen MR) is 112 cm³/mol. The SMILES string of the molecule is C=C(C)C(=O)OCC(O)COCCC[Si](C)(OC[Si](C)C)O[Si](C)(C)C. The van der Waals surface area contributed by atoms with Crippen molar-refractivity contribution in [3.8, 4) is 0 Å². The highest BCUT2D eigenvalue weighted by molar-refractivity contribution is 6.82. The summed E-state index contributed by atoms with van der Waals surface area (Å²) in [5, 5.41) is 9.77. The lowest BCUT2D eigenvalue weighted by Gasteiger charge is -2.34. The number of aliphatic hydroxyl groups is 1. The molecule has 0 bridgehead atoms. The van der Waals surface area contributed by atoms with Gasteiger partial charge in [0.05, 0.1) is 15.4 Å². The monoisotopic (exact) mass is 421 g/mol. The summed E-state index contributed by atoms with van der Waals surface area (Å²) >= 11 is 0. The van der Waals surface area contributed by atoms with Crippen LogP contribution in [-0.4, -0.2) is 68.9 Å². The van der Waals surface area contributed by atoms with Gasteiger partial charge in [-0.05, 0) is 45.6 Å². The molecule has 0 aromatic heterocycles. The highest BCUT2D eigenvalue weighted by Crippen LogP contribution is 2.21. The van der Waals surface area contributed by atoms with Crippen LogP contribution >= 0.6 is 0 Å². The van der Waals surface area contributed by atoms with Gasteiger partial charge in [-0.3, -0.25) is 0 Å². The molecule has 6 nitrogen and oxygen atoms in total. The Balaban J connectivity index is 4.17. The molecule has 0 aliphatic carbocycles. The highest BCUT2D eigenvalue weighted by atomic mass is 28.4. The van der Waals surface area contributed by atoms with Crippen molar-refractivity contribution in [2.45, 2.75) is 64.8 Å². The summed E-state index contributed by atoms with van der Waals surface area (Å²) in [6.07, 6.45) is 0.800. The molecule has 2 atom stereocenters. The van der Waals surface area contributed by atoms with Crippen LogP contribution in [0.5, 0.6) is 0 Å². The highest BCUT2D eigenvalue weighted by Gasteiger charge is 2.36. The first-order chi connectivity index (χ1) is 11.8. The molecule has 0 aromatic carbocycles. The van der Waals surface area contributed by atoms with Crippen molar-refractivity contribution in [2.24, 2.45) is 0 Å². The van der Waals surface area contributed by atoms with E-state index in [0.29, 0.717) is 12.2 Å². The molecule has 0 saturated heterocycles. The van der Waals surface area contributed by atoms with Crippen molar-refractivity contribution < 1.29 is 27.9 Å². The molecule has 0 heterocycles. The predicted octanol–water partition coefficient (Wildman–Crippen LogP) is 3.11. The van der Waals surface area contributed by atoms with E-state index in [9.17, 15) is 9.90 Å². The topological polar surface area (TPSA) is 74.2 Å². The maximum absolute atomic E-state index is 11.3. The first kappa shape index (κ1) is 25.7. The van der Waals surface area contributed by atoms with Crippen molar-refractivity contribution >= 4 is 31.6 Å². The van der Waals surface area contributed by atoms with Gasteiger partial charge in [0.25, 0.3) is 0 Å². The Morgan fingerprint density at radius 2 is 1.81 bits per heavy atom. The van der Waals surface area contributed by atoms with Crippen LogP contribution in [0.1, 0.15) is 13.3 Å². The van der Waals surface area contributed by atoms with Crippen molar-refractivity contribution in [2.75, 3.05) is 26.1 Å². The van der Waals surface area contributed by atoms with Crippen LogP contribution in [0.2, 0.25) is 45.3 Å². The number of rotatable bonds is 14. The lowest BCUT2D eigenvalue weighted by atomic mass is 10.3. The quantitative estimate of drug-likeness (QED) is 0.201.